The van der Waals surface area contributed by atoms with Crippen molar-refractivity contribution in [2.45, 2.75) is 40.0 Å². The summed E-state index contributed by atoms with van der Waals surface area (Å²) in [4.78, 5) is 27.6. The number of benzene rings is 1. The number of unbranched alkanes of at least 4 members (excludes halogenated alkanes) is 1. The van der Waals surface area contributed by atoms with Gasteiger partial charge in [0, 0.05) is 43.4 Å². The number of hydrogen-bond acceptors (Lipinski definition) is 4. The van der Waals surface area contributed by atoms with Crippen LogP contribution in [0.2, 0.25) is 5.02 Å². The molecular weight excluding hydrogens is 410 g/mol. The van der Waals surface area contributed by atoms with Gasteiger partial charge in [0.15, 0.2) is 5.78 Å². The Bertz CT molecular complexity index is 802. The molecule has 0 spiro atoms. The number of rotatable bonds is 8. The van der Waals surface area contributed by atoms with E-state index in [4.69, 9.17) is 11.6 Å². The first-order valence-corrected chi connectivity index (χ1v) is 11.2. The third-order valence-electron chi connectivity index (χ3n) is 4.86. The Morgan fingerprint density at radius 1 is 1.23 bits per heavy atom. The van der Waals surface area contributed by atoms with Gasteiger partial charge in [-0.05, 0) is 31.5 Å². The first-order chi connectivity index (χ1) is 14.8. The van der Waals surface area contributed by atoms with Crippen molar-refractivity contribution in [3.8, 4) is 0 Å². The lowest BCUT2D eigenvalue weighted by Crippen LogP contribution is -2.46. The van der Waals surface area contributed by atoms with Gasteiger partial charge in [0.25, 0.3) is 0 Å². The van der Waals surface area contributed by atoms with E-state index in [9.17, 15) is 9.59 Å². The van der Waals surface area contributed by atoms with Gasteiger partial charge in [-0.25, -0.2) is 0 Å². The van der Waals surface area contributed by atoms with E-state index in [0.717, 1.165) is 30.0 Å². The second-order valence-electron chi connectivity index (χ2n) is 7.32. The van der Waals surface area contributed by atoms with Gasteiger partial charge in [0.2, 0.25) is 5.91 Å². The number of ketones is 1. The van der Waals surface area contributed by atoms with E-state index in [0.29, 0.717) is 31.9 Å². The first kappa shape index (κ1) is 26.7. The van der Waals surface area contributed by atoms with E-state index >= 15 is 0 Å². The zero-order valence-electron chi connectivity index (χ0n) is 19.3. The maximum Gasteiger partial charge on any atom is 0.246 e. The van der Waals surface area contributed by atoms with Crippen molar-refractivity contribution in [1.82, 2.24) is 15.1 Å². The number of Topliss-reactive ketones (excluding diaryl/α,β-unsaturated/α-hetero) is 1. The number of amides is 1. The number of halogens is 1. The maximum absolute atomic E-state index is 12.1. The average molecular weight is 446 g/mol. The number of hydrogen-bond donors (Lipinski definition) is 1. The monoisotopic (exact) mass is 445 g/mol. The highest BCUT2D eigenvalue weighted by atomic mass is 35.5. The van der Waals surface area contributed by atoms with Crippen LogP contribution in [0.5, 0.6) is 0 Å². The SMILES string of the molecule is C=C1CN(C(=O)/C=C/CNC)CCN1/C(=C\CCC)C(C)=O.CCc1ccccc1Cl. The minimum atomic E-state index is -0.0158. The van der Waals surface area contributed by atoms with E-state index in [1.807, 2.05) is 42.3 Å². The molecule has 1 aliphatic heterocycles. The van der Waals surface area contributed by atoms with Crippen molar-refractivity contribution in [2.24, 2.45) is 0 Å². The molecule has 0 aliphatic carbocycles. The molecule has 0 saturated carbocycles. The number of aryl methyl sites for hydroxylation is 1. The summed E-state index contributed by atoms with van der Waals surface area (Å²) in [6, 6.07) is 7.91. The van der Waals surface area contributed by atoms with Crippen LogP contribution in [0.3, 0.4) is 0 Å². The molecule has 31 heavy (non-hydrogen) atoms. The van der Waals surface area contributed by atoms with Crippen LogP contribution >= 0.6 is 11.6 Å². The number of carbonyl (C=O) groups excluding carboxylic acids is 2. The molecular formula is C25H36ClN3O2. The first-order valence-electron chi connectivity index (χ1n) is 10.8. The van der Waals surface area contributed by atoms with Crippen molar-refractivity contribution in [2.75, 3.05) is 33.2 Å². The van der Waals surface area contributed by atoms with Gasteiger partial charge in [-0.3, -0.25) is 9.59 Å². The van der Waals surface area contributed by atoms with Gasteiger partial charge in [-0.15, -0.1) is 0 Å². The summed E-state index contributed by atoms with van der Waals surface area (Å²) < 4.78 is 0. The molecule has 5 nitrogen and oxygen atoms in total. The molecule has 6 heteroatoms. The fourth-order valence-electron chi connectivity index (χ4n) is 3.14. The molecule has 1 aromatic carbocycles. The molecule has 1 saturated heterocycles. The number of nitrogens with zero attached hydrogens (tertiary/aromatic N) is 2. The molecule has 1 amide bonds. The Hall–Kier alpha value is -2.37. The van der Waals surface area contributed by atoms with Gasteiger partial charge >= 0.3 is 0 Å². The molecule has 1 N–H and O–H groups in total. The van der Waals surface area contributed by atoms with Gasteiger partial charge in [0.1, 0.15) is 0 Å². The van der Waals surface area contributed by atoms with Crippen LogP contribution < -0.4 is 5.32 Å². The highest BCUT2D eigenvalue weighted by Crippen LogP contribution is 2.19. The number of likely N-dealkylation sites (N-methyl/N-ethyl adjacent to an activating group) is 1. The van der Waals surface area contributed by atoms with E-state index in [1.165, 1.54) is 5.56 Å². The summed E-state index contributed by atoms with van der Waals surface area (Å²) in [7, 11) is 1.83. The summed E-state index contributed by atoms with van der Waals surface area (Å²) >= 11 is 5.82. The van der Waals surface area contributed by atoms with Crippen molar-refractivity contribution in [1.29, 1.82) is 0 Å². The van der Waals surface area contributed by atoms with Crippen LogP contribution in [0.1, 0.15) is 39.2 Å². The summed E-state index contributed by atoms with van der Waals surface area (Å²) in [6.07, 6.45) is 8.24. The third kappa shape index (κ3) is 9.11. The van der Waals surface area contributed by atoms with Crippen LogP contribution in [0.15, 0.2) is 60.5 Å². The van der Waals surface area contributed by atoms with Crippen LogP contribution in [0.25, 0.3) is 0 Å². The molecule has 0 unspecified atom stereocenters. The molecule has 170 valence electrons. The zero-order valence-corrected chi connectivity index (χ0v) is 20.0. The normalized spacial score (nSPS) is 14.5. The summed E-state index contributed by atoms with van der Waals surface area (Å²) in [5, 5.41) is 3.84. The van der Waals surface area contributed by atoms with E-state index in [2.05, 4.69) is 25.7 Å². The Labute approximate surface area is 192 Å². The largest absolute Gasteiger partial charge is 0.340 e. The lowest BCUT2D eigenvalue weighted by molar-refractivity contribution is -0.126. The predicted octanol–water partition coefficient (Wildman–Crippen LogP) is 4.60. The lowest BCUT2D eigenvalue weighted by Gasteiger charge is -2.38. The molecule has 2 rings (SSSR count). The molecule has 0 bridgehead atoms. The van der Waals surface area contributed by atoms with Crippen molar-refractivity contribution in [3.63, 3.8) is 0 Å². The van der Waals surface area contributed by atoms with Gasteiger partial charge < -0.3 is 15.1 Å². The minimum Gasteiger partial charge on any atom is -0.340 e. The number of piperazine rings is 1. The summed E-state index contributed by atoms with van der Waals surface area (Å²) in [6.45, 7) is 12.1. The van der Waals surface area contributed by atoms with Crippen molar-refractivity contribution >= 4 is 23.3 Å². The highest BCUT2D eigenvalue weighted by Gasteiger charge is 2.25. The maximum atomic E-state index is 12.1. The molecule has 0 aromatic heterocycles. The van der Waals surface area contributed by atoms with Crippen LogP contribution in [0, 0.1) is 0 Å². The van der Waals surface area contributed by atoms with Crippen LogP contribution in [-0.2, 0) is 16.0 Å². The predicted molar refractivity (Wildman–Crippen MR) is 130 cm³/mol. The van der Waals surface area contributed by atoms with E-state index in [-0.39, 0.29) is 11.7 Å². The summed E-state index contributed by atoms with van der Waals surface area (Å²) in [5.74, 6) is 0.0289. The lowest BCUT2D eigenvalue weighted by atomic mass is 10.1. The third-order valence-corrected chi connectivity index (χ3v) is 5.23. The molecule has 0 radical (unpaired) electrons. The van der Waals surface area contributed by atoms with Crippen molar-refractivity contribution in [3.05, 3.63) is 71.1 Å². The standard InChI is InChI=1S/C17H27N3O2.C8H9Cl/c1-5-6-8-16(15(3)21)20-12-11-19(13-14(20)2)17(22)9-7-10-18-4;1-2-7-5-3-4-6-8(7)9/h7-9,18H,2,5-6,10-13H2,1,3-4H3;3-6H,2H2,1H3/b9-7+,16-8-;. The summed E-state index contributed by atoms with van der Waals surface area (Å²) in [5.41, 5.74) is 2.71. The quantitative estimate of drug-likeness (QED) is 0.594. The van der Waals surface area contributed by atoms with Gasteiger partial charge in [0.05, 0.1) is 12.2 Å². The number of allylic oxidation sites excluding steroid dienone is 2. The smallest absolute Gasteiger partial charge is 0.246 e. The highest BCUT2D eigenvalue weighted by molar-refractivity contribution is 6.31. The fourth-order valence-corrected chi connectivity index (χ4v) is 3.40. The number of nitrogens with one attached hydrogen (secondary N) is 1. The van der Waals surface area contributed by atoms with E-state index in [1.54, 1.807) is 24.0 Å². The molecule has 1 heterocycles. The molecule has 1 aromatic rings. The topological polar surface area (TPSA) is 52.7 Å². The van der Waals surface area contributed by atoms with E-state index < -0.39 is 0 Å². The zero-order chi connectivity index (χ0) is 23.2. The molecule has 0 atom stereocenters. The Morgan fingerprint density at radius 3 is 2.45 bits per heavy atom. The average Bonchev–Trinajstić information content (AvgIpc) is 2.75. The Morgan fingerprint density at radius 2 is 1.94 bits per heavy atom. The Balaban J connectivity index is 0.000000442. The minimum absolute atomic E-state index is 0.0158. The van der Waals surface area contributed by atoms with Crippen molar-refractivity contribution < 1.29 is 9.59 Å². The Kier molecular flexibility index (Phi) is 12.6. The number of carbonyl (C=O) groups is 2. The van der Waals surface area contributed by atoms with Gasteiger partial charge in [-0.2, -0.15) is 0 Å². The fraction of sp³-hybridized carbons (Fsp3) is 0.440. The molecule has 1 fully saturated rings. The van der Waals surface area contributed by atoms with Crippen LogP contribution in [0.4, 0.5) is 0 Å². The van der Waals surface area contributed by atoms with Crippen LogP contribution in [-0.4, -0.2) is 54.7 Å². The second-order valence-corrected chi connectivity index (χ2v) is 7.72. The molecule has 1 aliphatic rings. The van der Waals surface area contributed by atoms with Gasteiger partial charge in [-0.1, -0.05) is 68.8 Å². The second kappa shape index (κ2) is 14.6.